The molecule has 0 atom stereocenters. The zero-order valence-corrected chi connectivity index (χ0v) is 9.63. The molecule has 0 aromatic carbocycles. The smallest absolute Gasteiger partial charge is 0.0160 e. The van der Waals surface area contributed by atoms with E-state index in [9.17, 15) is 0 Å². The van der Waals surface area contributed by atoms with Crippen LogP contribution in [0, 0.1) is 5.92 Å². The van der Waals surface area contributed by atoms with Gasteiger partial charge in [0.25, 0.3) is 0 Å². The quantitative estimate of drug-likeness (QED) is 0.675. The van der Waals surface area contributed by atoms with Gasteiger partial charge in [-0.25, -0.2) is 0 Å². The molecule has 1 heterocycles. The summed E-state index contributed by atoms with van der Waals surface area (Å²) in [7, 11) is 0. The van der Waals surface area contributed by atoms with Crippen molar-refractivity contribution in [2.45, 2.75) is 32.7 Å². The second kappa shape index (κ2) is 6.20. The van der Waals surface area contributed by atoms with Gasteiger partial charge in [0.1, 0.15) is 0 Å². The van der Waals surface area contributed by atoms with E-state index < -0.39 is 0 Å². The predicted molar refractivity (Wildman–Crippen MR) is 62.5 cm³/mol. The van der Waals surface area contributed by atoms with Crippen molar-refractivity contribution in [2.24, 2.45) is 5.92 Å². The minimum atomic E-state index is 0.626. The van der Waals surface area contributed by atoms with E-state index >= 15 is 0 Å². The fourth-order valence-corrected chi connectivity index (χ4v) is 1.96. The van der Waals surface area contributed by atoms with Crippen LogP contribution >= 0.6 is 0 Å². The van der Waals surface area contributed by atoms with Crippen LogP contribution < -0.4 is 5.32 Å². The topological polar surface area (TPSA) is 15.3 Å². The molecule has 82 valence electrons. The van der Waals surface area contributed by atoms with E-state index in [1.807, 2.05) is 6.08 Å². The van der Waals surface area contributed by atoms with Crippen LogP contribution in [0.5, 0.6) is 0 Å². The van der Waals surface area contributed by atoms with E-state index in [4.69, 9.17) is 0 Å². The van der Waals surface area contributed by atoms with Crippen molar-refractivity contribution in [3.63, 3.8) is 0 Å². The molecule has 0 unspecified atom stereocenters. The second-order valence-corrected chi connectivity index (χ2v) is 4.60. The molecule has 1 rings (SSSR count). The number of likely N-dealkylation sites (tertiary alicyclic amines) is 1. The summed E-state index contributed by atoms with van der Waals surface area (Å²) in [5.74, 6) is 0.887. The van der Waals surface area contributed by atoms with Crippen LogP contribution in [0.15, 0.2) is 12.7 Å². The Labute approximate surface area is 88.4 Å². The van der Waals surface area contributed by atoms with Gasteiger partial charge in [0.2, 0.25) is 0 Å². The molecule has 1 aliphatic rings. The summed E-state index contributed by atoms with van der Waals surface area (Å²) in [5.41, 5.74) is 0. The average Bonchev–Trinajstić information content (AvgIpc) is 2.17. The molecule has 0 aromatic rings. The van der Waals surface area contributed by atoms with E-state index in [0.29, 0.717) is 6.04 Å². The summed E-state index contributed by atoms with van der Waals surface area (Å²) >= 11 is 0. The molecule has 0 amide bonds. The van der Waals surface area contributed by atoms with Gasteiger partial charge < -0.3 is 5.32 Å². The minimum Gasteiger partial charge on any atom is -0.314 e. The Morgan fingerprint density at radius 3 is 2.57 bits per heavy atom. The normalized spacial score (nSPS) is 20.2. The lowest BCUT2D eigenvalue weighted by atomic mass is 9.96. The van der Waals surface area contributed by atoms with Crippen molar-refractivity contribution in [2.75, 3.05) is 26.2 Å². The monoisotopic (exact) mass is 196 g/mol. The van der Waals surface area contributed by atoms with Gasteiger partial charge in [0.05, 0.1) is 0 Å². The first-order chi connectivity index (χ1) is 6.72. The molecular weight excluding hydrogens is 172 g/mol. The summed E-state index contributed by atoms with van der Waals surface area (Å²) in [6.45, 7) is 13.0. The molecule has 1 fully saturated rings. The lowest BCUT2D eigenvalue weighted by Gasteiger charge is -2.31. The summed E-state index contributed by atoms with van der Waals surface area (Å²) in [6, 6.07) is 0.626. The number of hydrogen-bond donors (Lipinski definition) is 1. The van der Waals surface area contributed by atoms with Crippen LogP contribution in [0.2, 0.25) is 0 Å². The maximum Gasteiger partial charge on any atom is 0.0160 e. The van der Waals surface area contributed by atoms with Crippen LogP contribution in [0.25, 0.3) is 0 Å². The van der Waals surface area contributed by atoms with Crippen LogP contribution in [-0.2, 0) is 0 Å². The zero-order valence-electron chi connectivity index (χ0n) is 9.63. The van der Waals surface area contributed by atoms with Crippen molar-refractivity contribution in [1.82, 2.24) is 10.2 Å². The third-order valence-electron chi connectivity index (χ3n) is 2.91. The average molecular weight is 196 g/mol. The van der Waals surface area contributed by atoms with Gasteiger partial charge >= 0.3 is 0 Å². The van der Waals surface area contributed by atoms with Crippen molar-refractivity contribution in [3.8, 4) is 0 Å². The van der Waals surface area contributed by atoms with Gasteiger partial charge in [-0.3, -0.25) is 4.90 Å². The molecule has 14 heavy (non-hydrogen) atoms. The maximum atomic E-state index is 3.78. The predicted octanol–water partition coefficient (Wildman–Crippen LogP) is 1.88. The Hall–Kier alpha value is -0.340. The first-order valence-electron chi connectivity index (χ1n) is 5.79. The van der Waals surface area contributed by atoms with Gasteiger partial charge in [-0.2, -0.15) is 0 Å². The Morgan fingerprint density at radius 2 is 2.07 bits per heavy atom. The highest BCUT2D eigenvalue weighted by Crippen LogP contribution is 2.16. The fourth-order valence-electron chi connectivity index (χ4n) is 1.96. The summed E-state index contributed by atoms with van der Waals surface area (Å²) < 4.78 is 0. The number of nitrogens with one attached hydrogen (secondary N) is 1. The number of hydrogen-bond acceptors (Lipinski definition) is 2. The van der Waals surface area contributed by atoms with Gasteiger partial charge in [0, 0.05) is 12.6 Å². The lowest BCUT2D eigenvalue weighted by molar-refractivity contribution is 0.196. The molecule has 2 heteroatoms. The van der Waals surface area contributed by atoms with Gasteiger partial charge in [-0.05, 0) is 38.4 Å². The highest BCUT2D eigenvalue weighted by atomic mass is 15.1. The van der Waals surface area contributed by atoms with Crippen molar-refractivity contribution in [3.05, 3.63) is 12.7 Å². The summed E-state index contributed by atoms with van der Waals surface area (Å²) in [4.78, 5) is 2.48. The number of nitrogens with zero attached hydrogens (tertiary/aromatic N) is 1. The first-order valence-corrected chi connectivity index (χ1v) is 5.79. The van der Waals surface area contributed by atoms with Crippen LogP contribution in [0.3, 0.4) is 0 Å². The summed E-state index contributed by atoms with van der Waals surface area (Å²) in [5, 5.41) is 3.52. The Morgan fingerprint density at radius 1 is 1.43 bits per heavy atom. The minimum absolute atomic E-state index is 0.626. The van der Waals surface area contributed by atoms with Crippen LogP contribution in [0.1, 0.15) is 26.7 Å². The Kier molecular flexibility index (Phi) is 5.20. The van der Waals surface area contributed by atoms with E-state index in [-0.39, 0.29) is 0 Å². The fraction of sp³-hybridized carbons (Fsp3) is 0.833. The second-order valence-electron chi connectivity index (χ2n) is 4.60. The standard InChI is InChI=1S/C12H24N2/c1-4-7-14-8-5-12(6-9-14)10-13-11(2)3/h4,11-13H,1,5-10H2,2-3H3. The van der Waals surface area contributed by atoms with E-state index in [1.54, 1.807) is 0 Å². The van der Waals surface area contributed by atoms with E-state index in [1.165, 1.54) is 32.5 Å². The van der Waals surface area contributed by atoms with Gasteiger partial charge in [-0.1, -0.05) is 19.9 Å². The first kappa shape index (κ1) is 11.7. The van der Waals surface area contributed by atoms with Gasteiger partial charge in [-0.15, -0.1) is 6.58 Å². The number of piperidine rings is 1. The van der Waals surface area contributed by atoms with Crippen molar-refractivity contribution < 1.29 is 0 Å². The number of rotatable bonds is 5. The Bertz CT molecular complexity index is 158. The van der Waals surface area contributed by atoms with Crippen molar-refractivity contribution in [1.29, 1.82) is 0 Å². The largest absolute Gasteiger partial charge is 0.314 e. The molecule has 0 spiro atoms. The SMILES string of the molecule is C=CCN1CCC(CNC(C)C)CC1. The maximum absolute atomic E-state index is 3.78. The lowest BCUT2D eigenvalue weighted by Crippen LogP contribution is -2.38. The third kappa shape index (κ3) is 4.25. The highest BCUT2D eigenvalue weighted by Gasteiger charge is 2.17. The molecule has 0 aromatic heterocycles. The molecule has 1 aliphatic heterocycles. The summed E-state index contributed by atoms with van der Waals surface area (Å²) in [6.07, 6.45) is 4.69. The molecule has 0 bridgehead atoms. The third-order valence-corrected chi connectivity index (χ3v) is 2.91. The molecule has 1 saturated heterocycles. The zero-order chi connectivity index (χ0) is 10.4. The molecule has 2 nitrogen and oxygen atoms in total. The van der Waals surface area contributed by atoms with Gasteiger partial charge in [0.15, 0.2) is 0 Å². The van der Waals surface area contributed by atoms with E-state index in [2.05, 4.69) is 30.6 Å². The molecule has 1 N–H and O–H groups in total. The highest BCUT2D eigenvalue weighted by molar-refractivity contribution is 4.79. The molecule has 0 saturated carbocycles. The van der Waals surface area contributed by atoms with Crippen molar-refractivity contribution >= 4 is 0 Å². The molecular formula is C12H24N2. The molecule has 0 radical (unpaired) electrons. The van der Waals surface area contributed by atoms with Crippen LogP contribution in [-0.4, -0.2) is 37.1 Å². The van der Waals surface area contributed by atoms with E-state index in [0.717, 1.165) is 12.5 Å². The molecule has 0 aliphatic carbocycles. The Balaban J connectivity index is 2.12. The van der Waals surface area contributed by atoms with Crippen LogP contribution in [0.4, 0.5) is 0 Å².